The van der Waals surface area contributed by atoms with Gasteiger partial charge in [-0.3, -0.25) is 4.79 Å². The highest BCUT2D eigenvalue weighted by atomic mass is 16.2. The molecular weight excluding hydrogens is 320 g/mol. The molecule has 25 heavy (non-hydrogen) atoms. The molecule has 1 amide bonds. The maximum atomic E-state index is 12.6. The topological polar surface area (TPSA) is 94.6 Å². The van der Waals surface area contributed by atoms with Gasteiger partial charge in [0.25, 0.3) is 0 Å². The van der Waals surface area contributed by atoms with Crippen molar-refractivity contribution in [1.82, 2.24) is 39.9 Å². The van der Waals surface area contributed by atoms with Gasteiger partial charge < -0.3 is 4.90 Å². The van der Waals surface area contributed by atoms with Gasteiger partial charge in [-0.25, -0.2) is 14.3 Å². The van der Waals surface area contributed by atoms with Crippen molar-refractivity contribution in [2.45, 2.75) is 32.5 Å². The normalized spacial score (nSPS) is 16.7. The first kappa shape index (κ1) is 15.4. The SMILES string of the molecule is C[C@H]1c2nc(-c3ccccc3)nn2CCN1C(=O)CCn1cnnn1. The molecule has 0 aliphatic carbocycles. The number of carbonyl (C=O) groups excluding carboxylic acids is 1. The van der Waals surface area contributed by atoms with Crippen LogP contribution < -0.4 is 0 Å². The van der Waals surface area contributed by atoms with Gasteiger partial charge in [0.05, 0.1) is 19.1 Å². The number of fused-ring (bicyclic) bond motifs is 1. The zero-order valence-corrected chi connectivity index (χ0v) is 13.9. The lowest BCUT2D eigenvalue weighted by Crippen LogP contribution is -2.41. The number of hydrogen-bond acceptors (Lipinski definition) is 6. The van der Waals surface area contributed by atoms with Crippen LogP contribution in [0.1, 0.15) is 25.2 Å². The number of benzene rings is 1. The first-order valence-electron chi connectivity index (χ1n) is 8.23. The van der Waals surface area contributed by atoms with Gasteiger partial charge in [0.15, 0.2) is 5.82 Å². The van der Waals surface area contributed by atoms with E-state index in [2.05, 4.69) is 25.6 Å². The van der Waals surface area contributed by atoms with Crippen molar-refractivity contribution < 1.29 is 4.79 Å². The molecule has 3 aromatic rings. The highest BCUT2D eigenvalue weighted by Gasteiger charge is 2.30. The minimum atomic E-state index is -0.111. The molecular formula is C16H18N8O. The van der Waals surface area contributed by atoms with Gasteiger partial charge in [0.1, 0.15) is 12.2 Å². The average Bonchev–Trinajstić information content (AvgIpc) is 3.31. The molecule has 1 aromatic carbocycles. The molecule has 0 saturated heterocycles. The quantitative estimate of drug-likeness (QED) is 0.702. The van der Waals surface area contributed by atoms with E-state index < -0.39 is 0 Å². The molecule has 3 heterocycles. The number of aryl methyl sites for hydroxylation is 1. The Labute approximate surface area is 144 Å². The molecule has 1 aliphatic heterocycles. The standard InChI is InChI=1S/C16H18N8O/c1-12-16-18-15(13-5-3-2-4-6-13)19-24(16)10-9-23(12)14(25)7-8-22-11-17-20-21-22/h2-6,11-12H,7-10H2,1H3/t12-/m0/s1. The third-order valence-electron chi connectivity index (χ3n) is 4.39. The lowest BCUT2D eigenvalue weighted by atomic mass is 10.2. The van der Waals surface area contributed by atoms with Gasteiger partial charge in [0, 0.05) is 18.5 Å². The van der Waals surface area contributed by atoms with Crippen LogP contribution in [0, 0.1) is 0 Å². The monoisotopic (exact) mass is 338 g/mol. The number of carbonyl (C=O) groups is 1. The van der Waals surface area contributed by atoms with Gasteiger partial charge in [-0.2, -0.15) is 5.10 Å². The highest BCUT2D eigenvalue weighted by Crippen LogP contribution is 2.26. The Balaban J connectivity index is 1.50. The predicted molar refractivity (Wildman–Crippen MR) is 88.0 cm³/mol. The van der Waals surface area contributed by atoms with Crippen LogP contribution in [0.5, 0.6) is 0 Å². The van der Waals surface area contributed by atoms with E-state index in [1.807, 2.05) is 46.8 Å². The van der Waals surface area contributed by atoms with E-state index in [1.54, 1.807) is 4.68 Å². The predicted octanol–water partition coefficient (Wildman–Crippen LogP) is 0.925. The first-order chi connectivity index (χ1) is 12.2. The molecule has 0 unspecified atom stereocenters. The zero-order chi connectivity index (χ0) is 17.2. The molecule has 2 aromatic heterocycles. The summed E-state index contributed by atoms with van der Waals surface area (Å²) in [5, 5.41) is 15.5. The lowest BCUT2D eigenvalue weighted by Gasteiger charge is -2.32. The van der Waals surface area contributed by atoms with Crippen LogP contribution in [0.15, 0.2) is 36.7 Å². The second-order valence-electron chi connectivity index (χ2n) is 5.97. The maximum Gasteiger partial charge on any atom is 0.225 e. The lowest BCUT2D eigenvalue weighted by molar-refractivity contribution is -0.134. The molecule has 9 nitrogen and oxygen atoms in total. The highest BCUT2D eigenvalue weighted by molar-refractivity contribution is 5.76. The van der Waals surface area contributed by atoms with Gasteiger partial charge in [-0.05, 0) is 17.4 Å². The number of nitrogens with zero attached hydrogens (tertiary/aromatic N) is 8. The van der Waals surface area contributed by atoms with E-state index >= 15 is 0 Å². The summed E-state index contributed by atoms with van der Waals surface area (Å²) in [5.74, 6) is 1.59. The van der Waals surface area contributed by atoms with Crippen LogP contribution in [-0.4, -0.2) is 52.3 Å². The van der Waals surface area contributed by atoms with Crippen molar-refractivity contribution in [3.63, 3.8) is 0 Å². The molecule has 0 spiro atoms. The van der Waals surface area contributed by atoms with Gasteiger partial charge in [-0.15, -0.1) is 5.10 Å². The zero-order valence-electron chi connectivity index (χ0n) is 13.9. The second-order valence-corrected chi connectivity index (χ2v) is 5.97. The van der Waals surface area contributed by atoms with Crippen LogP contribution in [0.2, 0.25) is 0 Å². The summed E-state index contributed by atoms with van der Waals surface area (Å²) in [5.41, 5.74) is 0.980. The summed E-state index contributed by atoms with van der Waals surface area (Å²) in [6, 6.07) is 9.76. The van der Waals surface area contributed by atoms with Crippen LogP contribution in [0.3, 0.4) is 0 Å². The minimum Gasteiger partial charge on any atom is -0.331 e. The summed E-state index contributed by atoms with van der Waals surface area (Å²) in [6.07, 6.45) is 1.87. The number of hydrogen-bond donors (Lipinski definition) is 0. The molecule has 4 rings (SSSR count). The first-order valence-corrected chi connectivity index (χ1v) is 8.23. The summed E-state index contributed by atoms with van der Waals surface area (Å²) >= 11 is 0. The van der Waals surface area contributed by atoms with E-state index in [9.17, 15) is 4.79 Å². The Morgan fingerprint density at radius 3 is 2.84 bits per heavy atom. The maximum absolute atomic E-state index is 12.6. The molecule has 0 N–H and O–H groups in total. The molecule has 0 saturated carbocycles. The fourth-order valence-corrected chi connectivity index (χ4v) is 3.05. The smallest absolute Gasteiger partial charge is 0.225 e. The number of aromatic nitrogens is 7. The molecule has 1 atom stereocenters. The van der Waals surface area contributed by atoms with Crippen molar-refractivity contribution in [2.24, 2.45) is 0 Å². The van der Waals surface area contributed by atoms with Gasteiger partial charge in [0.2, 0.25) is 5.91 Å². The Bertz CT molecular complexity index is 858. The van der Waals surface area contributed by atoms with Crippen molar-refractivity contribution in [1.29, 1.82) is 0 Å². The number of tetrazole rings is 1. The van der Waals surface area contributed by atoms with Crippen molar-refractivity contribution >= 4 is 5.91 Å². The van der Waals surface area contributed by atoms with E-state index in [1.165, 1.54) is 6.33 Å². The van der Waals surface area contributed by atoms with Crippen molar-refractivity contribution in [3.05, 3.63) is 42.5 Å². The third-order valence-corrected chi connectivity index (χ3v) is 4.39. The molecule has 128 valence electrons. The average molecular weight is 338 g/mol. The summed E-state index contributed by atoms with van der Waals surface area (Å²) < 4.78 is 3.46. The van der Waals surface area contributed by atoms with Crippen molar-refractivity contribution in [2.75, 3.05) is 6.54 Å². The molecule has 1 aliphatic rings. The fourth-order valence-electron chi connectivity index (χ4n) is 3.05. The summed E-state index contributed by atoms with van der Waals surface area (Å²) in [6.45, 7) is 3.73. The Morgan fingerprint density at radius 1 is 1.24 bits per heavy atom. The van der Waals surface area contributed by atoms with Crippen LogP contribution in [0.25, 0.3) is 11.4 Å². The summed E-state index contributed by atoms with van der Waals surface area (Å²) in [4.78, 5) is 19.1. The largest absolute Gasteiger partial charge is 0.331 e. The number of rotatable bonds is 4. The van der Waals surface area contributed by atoms with E-state index in [-0.39, 0.29) is 11.9 Å². The van der Waals surface area contributed by atoms with E-state index in [0.29, 0.717) is 31.9 Å². The molecule has 0 bridgehead atoms. The van der Waals surface area contributed by atoms with Gasteiger partial charge in [-0.1, -0.05) is 30.3 Å². The minimum absolute atomic E-state index is 0.0681. The van der Waals surface area contributed by atoms with E-state index in [4.69, 9.17) is 0 Å². The molecule has 0 fully saturated rings. The van der Waals surface area contributed by atoms with Gasteiger partial charge >= 0.3 is 0 Å². The van der Waals surface area contributed by atoms with Crippen molar-refractivity contribution in [3.8, 4) is 11.4 Å². The third kappa shape index (κ3) is 3.00. The molecule has 0 radical (unpaired) electrons. The number of amides is 1. The fraction of sp³-hybridized carbons (Fsp3) is 0.375. The van der Waals surface area contributed by atoms with Crippen LogP contribution in [-0.2, 0) is 17.9 Å². The Morgan fingerprint density at radius 2 is 2.08 bits per heavy atom. The molecule has 9 heteroatoms. The Kier molecular flexibility index (Phi) is 3.96. The van der Waals surface area contributed by atoms with Crippen LogP contribution in [0.4, 0.5) is 0 Å². The second kappa shape index (κ2) is 6.42. The van der Waals surface area contributed by atoms with E-state index in [0.717, 1.165) is 11.4 Å². The Hall–Kier alpha value is -3.10. The van der Waals surface area contributed by atoms with Crippen LogP contribution >= 0.6 is 0 Å². The summed E-state index contributed by atoms with van der Waals surface area (Å²) in [7, 11) is 0.